The van der Waals surface area contributed by atoms with E-state index in [1.54, 1.807) is 24.3 Å². The Kier molecular flexibility index (Phi) is 3.75. The summed E-state index contributed by atoms with van der Waals surface area (Å²) in [4.78, 5) is 35.2. The van der Waals surface area contributed by atoms with Gasteiger partial charge in [-0.1, -0.05) is 12.1 Å². The van der Waals surface area contributed by atoms with Crippen LogP contribution in [0.3, 0.4) is 0 Å². The third-order valence-electron chi connectivity index (χ3n) is 2.83. The molecule has 0 unspecified atom stereocenters. The van der Waals surface area contributed by atoms with Gasteiger partial charge in [-0.25, -0.2) is 4.79 Å². The van der Waals surface area contributed by atoms with Crippen molar-refractivity contribution in [1.29, 1.82) is 0 Å². The van der Waals surface area contributed by atoms with Gasteiger partial charge in [0, 0.05) is 18.9 Å². The van der Waals surface area contributed by atoms with Crippen LogP contribution in [0.2, 0.25) is 0 Å². The average molecular weight is 259 g/mol. The van der Waals surface area contributed by atoms with E-state index in [-0.39, 0.29) is 11.8 Å². The van der Waals surface area contributed by atoms with Gasteiger partial charge in [0.15, 0.2) is 0 Å². The highest BCUT2D eigenvalue weighted by molar-refractivity contribution is 6.16. The van der Waals surface area contributed by atoms with Gasteiger partial charge >= 0.3 is 5.97 Å². The van der Waals surface area contributed by atoms with Crippen molar-refractivity contribution in [2.24, 2.45) is 0 Å². The van der Waals surface area contributed by atoms with Crippen LogP contribution in [-0.2, 0) is 14.4 Å². The van der Waals surface area contributed by atoms with Crippen LogP contribution < -0.4 is 4.90 Å². The van der Waals surface area contributed by atoms with Crippen LogP contribution >= 0.6 is 0 Å². The molecule has 0 aromatic heterocycles. The molecular formula is C14H13NO4. The standard InChI is InChI=1S/C14H13NO4/c16-12-5-2-6-13(17)15(12)11-4-1-3-10(9-11)7-8-14(18)19/h1,3-4,7-9H,2,5-6H2,(H,18,19). The van der Waals surface area contributed by atoms with Crippen LogP contribution in [0.4, 0.5) is 5.69 Å². The van der Waals surface area contributed by atoms with E-state index in [4.69, 9.17) is 5.11 Å². The fourth-order valence-electron chi connectivity index (χ4n) is 1.98. The zero-order valence-corrected chi connectivity index (χ0v) is 10.2. The molecule has 1 fully saturated rings. The molecule has 2 amide bonds. The van der Waals surface area contributed by atoms with Crippen LogP contribution in [0.5, 0.6) is 0 Å². The second kappa shape index (κ2) is 5.48. The van der Waals surface area contributed by atoms with E-state index in [0.717, 1.165) is 6.08 Å². The first-order chi connectivity index (χ1) is 9.08. The summed E-state index contributed by atoms with van der Waals surface area (Å²) in [6.07, 6.45) is 3.75. The van der Waals surface area contributed by atoms with Crippen LogP contribution in [0.1, 0.15) is 24.8 Å². The fourth-order valence-corrected chi connectivity index (χ4v) is 1.98. The minimum atomic E-state index is -1.05. The Morgan fingerprint density at radius 2 is 1.89 bits per heavy atom. The lowest BCUT2D eigenvalue weighted by Crippen LogP contribution is -2.40. The molecule has 19 heavy (non-hydrogen) atoms. The number of carboxylic acids is 1. The lowest BCUT2D eigenvalue weighted by molar-refractivity contribution is -0.131. The molecule has 1 saturated heterocycles. The van der Waals surface area contributed by atoms with Gasteiger partial charge < -0.3 is 5.11 Å². The lowest BCUT2D eigenvalue weighted by Gasteiger charge is -2.25. The molecule has 0 bridgehead atoms. The van der Waals surface area contributed by atoms with Gasteiger partial charge in [0.05, 0.1) is 5.69 Å². The Labute approximate surface area is 110 Å². The molecule has 0 radical (unpaired) electrons. The van der Waals surface area contributed by atoms with Crippen molar-refractivity contribution < 1.29 is 19.5 Å². The second-order valence-electron chi connectivity index (χ2n) is 4.24. The van der Waals surface area contributed by atoms with Crippen molar-refractivity contribution in [3.63, 3.8) is 0 Å². The highest BCUT2D eigenvalue weighted by Crippen LogP contribution is 2.23. The topological polar surface area (TPSA) is 74.7 Å². The van der Waals surface area contributed by atoms with Crippen LogP contribution in [0, 0.1) is 0 Å². The zero-order valence-electron chi connectivity index (χ0n) is 10.2. The summed E-state index contributed by atoms with van der Waals surface area (Å²) >= 11 is 0. The molecule has 0 aliphatic carbocycles. The summed E-state index contributed by atoms with van der Waals surface area (Å²) < 4.78 is 0. The first kappa shape index (κ1) is 13.0. The maximum absolute atomic E-state index is 11.8. The molecule has 2 rings (SSSR count). The Morgan fingerprint density at radius 3 is 2.53 bits per heavy atom. The number of carbonyl (C=O) groups is 3. The largest absolute Gasteiger partial charge is 0.478 e. The number of anilines is 1. The summed E-state index contributed by atoms with van der Waals surface area (Å²) in [6.45, 7) is 0. The number of imide groups is 1. The van der Waals surface area contributed by atoms with Crippen molar-refractivity contribution in [2.75, 3.05) is 4.90 Å². The van der Waals surface area contributed by atoms with E-state index in [0.29, 0.717) is 30.5 Å². The molecule has 1 N–H and O–H groups in total. The van der Waals surface area contributed by atoms with Crippen molar-refractivity contribution >= 4 is 29.5 Å². The molecule has 5 heteroatoms. The van der Waals surface area contributed by atoms with E-state index >= 15 is 0 Å². The van der Waals surface area contributed by atoms with Gasteiger partial charge in [-0.05, 0) is 30.2 Å². The van der Waals surface area contributed by atoms with Gasteiger partial charge in [-0.2, -0.15) is 0 Å². The summed E-state index contributed by atoms with van der Waals surface area (Å²) in [5, 5.41) is 8.57. The first-order valence-corrected chi connectivity index (χ1v) is 5.95. The number of hydrogen-bond donors (Lipinski definition) is 1. The summed E-state index contributed by atoms with van der Waals surface area (Å²) in [5.74, 6) is -1.47. The van der Waals surface area contributed by atoms with Gasteiger partial charge in [0.2, 0.25) is 11.8 Å². The highest BCUT2D eigenvalue weighted by Gasteiger charge is 2.27. The van der Waals surface area contributed by atoms with E-state index in [9.17, 15) is 14.4 Å². The lowest BCUT2D eigenvalue weighted by atomic mass is 10.1. The Balaban J connectivity index is 2.29. The van der Waals surface area contributed by atoms with Crippen molar-refractivity contribution in [3.05, 3.63) is 35.9 Å². The molecule has 1 heterocycles. The molecule has 1 aliphatic heterocycles. The van der Waals surface area contributed by atoms with E-state index in [1.807, 2.05) is 0 Å². The first-order valence-electron chi connectivity index (χ1n) is 5.95. The van der Waals surface area contributed by atoms with Gasteiger partial charge in [-0.3, -0.25) is 14.5 Å². The van der Waals surface area contributed by atoms with E-state index < -0.39 is 5.97 Å². The van der Waals surface area contributed by atoms with Crippen LogP contribution in [0.25, 0.3) is 6.08 Å². The summed E-state index contributed by atoms with van der Waals surface area (Å²) in [5.41, 5.74) is 1.12. The maximum Gasteiger partial charge on any atom is 0.328 e. The molecule has 0 saturated carbocycles. The molecular weight excluding hydrogens is 246 g/mol. The molecule has 1 aliphatic rings. The Bertz CT molecular complexity index is 546. The predicted molar refractivity (Wildman–Crippen MR) is 69.5 cm³/mol. The van der Waals surface area contributed by atoms with Gasteiger partial charge in [0.25, 0.3) is 0 Å². The van der Waals surface area contributed by atoms with Crippen LogP contribution in [-0.4, -0.2) is 22.9 Å². The molecule has 1 aromatic carbocycles. The number of nitrogens with zero attached hydrogens (tertiary/aromatic N) is 1. The van der Waals surface area contributed by atoms with Crippen molar-refractivity contribution in [3.8, 4) is 0 Å². The van der Waals surface area contributed by atoms with E-state index in [2.05, 4.69) is 0 Å². The third kappa shape index (κ3) is 3.07. The molecule has 98 valence electrons. The van der Waals surface area contributed by atoms with E-state index in [1.165, 1.54) is 11.0 Å². The average Bonchev–Trinajstić information content (AvgIpc) is 2.37. The number of amides is 2. The van der Waals surface area contributed by atoms with Gasteiger partial charge in [-0.15, -0.1) is 0 Å². The quantitative estimate of drug-likeness (QED) is 0.663. The molecule has 1 aromatic rings. The maximum atomic E-state index is 11.8. The zero-order chi connectivity index (χ0) is 13.8. The minimum absolute atomic E-state index is 0.212. The number of hydrogen-bond acceptors (Lipinski definition) is 3. The minimum Gasteiger partial charge on any atom is -0.478 e. The normalized spacial score (nSPS) is 16.1. The predicted octanol–water partition coefficient (Wildman–Crippen LogP) is 1.83. The van der Waals surface area contributed by atoms with Crippen molar-refractivity contribution in [2.45, 2.75) is 19.3 Å². The summed E-state index contributed by atoms with van der Waals surface area (Å²) in [7, 11) is 0. The smallest absolute Gasteiger partial charge is 0.328 e. The molecule has 0 atom stereocenters. The number of carboxylic acid groups (broad SMARTS) is 1. The highest BCUT2D eigenvalue weighted by atomic mass is 16.4. The Hall–Kier alpha value is -2.43. The number of piperidine rings is 1. The Morgan fingerprint density at radius 1 is 1.21 bits per heavy atom. The van der Waals surface area contributed by atoms with Gasteiger partial charge in [0.1, 0.15) is 0 Å². The van der Waals surface area contributed by atoms with Crippen molar-refractivity contribution in [1.82, 2.24) is 0 Å². The fraction of sp³-hybridized carbons (Fsp3) is 0.214. The third-order valence-corrected chi connectivity index (χ3v) is 2.83. The number of aliphatic carboxylic acids is 1. The molecule has 5 nitrogen and oxygen atoms in total. The number of carbonyl (C=O) groups excluding carboxylic acids is 2. The second-order valence-corrected chi connectivity index (χ2v) is 4.24. The van der Waals surface area contributed by atoms with Crippen LogP contribution in [0.15, 0.2) is 30.3 Å². The number of benzene rings is 1. The molecule has 0 spiro atoms. The SMILES string of the molecule is O=C(O)C=Cc1cccc(N2C(=O)CCCC2=O)c1. The monoisotopic (exact) mass is 259 g/mol. The number of rotatable bonds is 3. The summed E-state index contributed by atoms with van der Waals surface area (Å²) in [6, 6.07) is 6.69.